The number of furan rings is 1. The van der Waals surface area contributed by atoms with Crippen LogP contribution in [0.4, 0.5) is 4.79 Å². The zero-order valence-corrected chi connectivity index (χ0v) is 13.4. The van der Waals surface area contributed by atoms with Crippen molar-refractivity contribution in [3.8, 4) is 0 Å². The average molecular weight is 308 g/mol. The maximum Gasteiger partial charge on any atom is 0.407 e. The molecule has 2 amide bonds. The molecule has 0 saturated carbocycles. The van der Waals surface area contributed by atoms with Crippen molar-refractivity contribution >= 4 is 12.0 Å². The summed E-state index contributed by atoms with van der Waals surface area (Å²) in [6, 6.07) is 3.86. The van der Waals surface area contributed by atoms with Crippen LogP contribution in [0.5, 0.6) is 0 Å². The summed E-state index contributed by atoms with van der Waals surface area (Å²) in [5, 5.41) is 2.45. The first kappa shape index (κ1) is 16.4. The Morgan fingerprint density at radius 3 is 2.86 bits per heavy atom. The lowest BCUT2D eigenvalue weighted by Gasteiger charge is -2.37. The van der Waals surface area contributed by atoms with E-state index < -0.39 is 6.09 Å². The number of methoxy groups -OCH3 is 1. The first-order valence-corrected chi connectivity index (χ1v) is 7.75. The second-order valence-corrected chi connectivity index (χ2v) is 5.74. The smallest absolute Gasteiger partial charge is 0.407 e. The first-order valence-electron chi connectivity index (χ1n) is 7.75. The molecule has 6 nitrogen and oxygen atoms in total. The number of piperidine rings is 1. The van der Waals surface area contributed by atoms with Gasteiger partial charge in [0.15, 0.2) is 0 Å². The topological polar surface area (TPSA) is 71.8 Å². The highest BCUT2D eigenvalue weighted by molar-refractivity contribution is 5.82. The Morgan fingerprint density at radius 2 is 2.23 bits per heavy atom. The summed E-state index contributed by atoms with van der Waals surface area (Å²) in [6.07, 6.45) is 2.07. The molecule has 0 unspecified atom stereocenters. The number of hydrogen-bond donors (Lipinski definition) is 1. The standard InChI is InChI=1S/C16H24N2O4/c1-4-12-5-6-14(22-12)13-9-11(2)7-8-18(13)15(19)10-17-16(20)21-3/h5-6,11,13H,4,7-10H2,1-3H3,(H,17,20)/t11-,13+/m0/s1. The highest BCUT2D eigenvalue weighted by Gasteiger charge is 2.32. The lowest BCUT2D eigenvalue weighted by molar-refractivity contribution is -0.135. The summed E-state index contributed by atoms with van der Waals surface area (Å²) in [7, 11) is 1.28. The molecular weight excluding hydrogens is 284 g/mol. The molecule has 122 valence electrons. The highest BCUT2D eigenvalue weighted by atomic mass is 16.5. The van der Waals surface area contributed by atoms with Crippen LogP contribution in [0.3, 0.4) is 0 Å². The van der Waals surface area contributed by atoms with Gasteiger partial charge in [0.05, 0.1) is 13.2 Å². The summed E-state index contributed by atoms with van der Waals surface area (Å²) >= 11 is 0. The number of nitrogens with zero attached hydrogens (tertiary/aromatic N) is 1. The molecule has 0 spiro atoms. The van der Waals surface area contributed by atoms with Gasteiger partial charge in [-0.1, -0.05) is 13.8 Å². The van der Waals surface area contributed by atoms with Crippen molar-refractivity contribution in [2.24, 2.45) is 5.92 Å². The number of carbonyl (C=O) groups excluding carboxylic acids is 2. The Bertz CT molecular complexity index is 526. The fourth-order valence-corrected chi connectivity index (χ4v) is 2.79. The molecule has 0 bridgehead atoms. The van der Waals surface area contributed by atoms with Crippen molar-refractivity contribution in [3.05, 3.63) is 23.7 Å². The minimum Gasteiger partial charge on any atom is -0.464 e. The number of ether oxygens (including phenoxy) is 1. The van der Waals surface area contributed by atoms with Crippen LogP contribution >= 0.6 is 0 Å². The summed E-state index contributed by atoms with van der Waals surface area (Å²) in [5.74, 6) is 2.18. The third kappa shape index (κ3) is 3.81. The Hall–Kier alpha value is -1.98. The summed E-state index contributed by atoms with van der Waals surface area (Å²) < 4.78 is 10.3. The lowest BCUT2D eigenvalue weighted by Crippen LogP contribution is -2.45. The number of nitrogens with one attached hydrogen (secondary N) is 1. The number of rotatable bonds is 4. The molecule has 22 heavy (non-hydrogen) atoms. The summed E-state index contributed by atoms with van der Waals surface area (Å²) in [5.41, 5.74) is 0. The van der Waals surface area contributed by atoms with E-state index in [-0.39, 0.29) is 18.5 Å². The van der Waals surface area contributed by atoms with Crippen LogP contribution in [0, 0.1) is 5.92 Å². The Kier molecular flexibility index (Phi) is 5.46. The number of aryl methyl sites for hydroxylation is 1. The zero-order valence-electron chi connectivity index (χ0n) is 13.4. The molecule has 2 heterocycles. The van der Waals surface area contributed by atoms with Gasteiger partial charge in [0, 0.05) is 13.0 Å². The van der Waals surface area contributed by atoms with Gasteiger partial charge in [-0.2, -0.15) is 0 Å². The highest BCUT2D eigenvalue weighted by Crippen LogP contribution is 2.34. The second kappa shape index (κ2) is 7.33. The zero-order chi connectivity index (χ0) is 16.1. The average Bonchev–Trinajstić information content (AvgIpc) is 3.01. The third-order valence-corrected chi connectivity index (χ3v) is 4.11. The largest absolute Gasteiger partial charge is 0.464 e. The summed E-state index contributed by atoms with van der Waals surface area (Å²) in [6.45, 7) is 4.84. The second-order valence-electron chi connectivity index (χ2n) is 5.74. The molecular formula is C16H24N2O4. The van der Waals surface area contributed by atoms with Crippen LogP contribution in [-0.4, -0.2) is 37.1 Å². The van der Waals surface area contributed by atoms with Crippen LogP contribution in [-0.2, 0) is 16.0 Å². The van der Waals surface area contributed by atoms with Gasteiger partial charge in [0.25, 0.3) is 0 Å². The van der Waals surface area contributed by atoms with E-state index in [2.05, 4.69) is 17.0 Å². The van der Waals surface area contributed by atoms with E-state index in [4.69, 9.17) is 4.42 Å². The van der Waals surface area contributed by atoms with Crippen LogP contribution in [0.15, 0.2) is 16.5 Å². The quantitative estimate of drug-likeness (QED) is 0.927. The molecule has 1 fully saturated rings. The number of hydrogen-bond acceptors (Lipinski definition) is 4. The fourth-order valence-electron chi connectivity index (χ4n) is 2.79. The molecule has 0 aromatic carbocycles. The normalized spacial score (nSPS) is 21.5. The van der Waals surface area contributed by atoms with Gasteiger partial charge in [-0.15, -0.1) is 0 Å². The molecule has 2 rings (SSSR count). The Balaban J connectivity index is 2.09. The molecule has 1 saturated heterocycles. The van der Waals surface area contributed by atoms with Gasteiger partial charge in [-0.25, -0.2) is 4.79 Å². The molecule has 6 heteroatoms. The predicted molar refractivity (Wildman–Crippen MR) is 81.3 cm³/mol. The molecule has 1 aliphatic rings. The third-order valence-electron chi connectivity index (χ3n) is 4.11. The van der Waals surface area contributed by atoms with Crippen LogP contribution in [0.25, 0.3) is 0 Å². The molecule has 1 aromatic heterocycles. The molecule has 2 atom stereocenters. The van der Waals surface area contributed by atoms with E-state index in [1.807, 2.05) is 19.1 Å². The van der Waals surface area contributed by atoms with Gasteiger partial charge < -0.3 is 19.4 Å². The number of amides is 2. The van der Waals surface area contributed by atoms with E-state index in [1.54, 1.807) is 4.90 Å². The van der Waals surface area contributed by atoms with Crippen molar-refractivity contribution < 1.29 is 18.7 Å². The van der Waals surface area contributed by atoms with E-state index in [0.717, 1.165) is 30.8 Å². The molecule has 1 aliphatic heterocycles. The van der Waals surface area contributed by atoms with Crippen LogP contribution in [0.1, 0.15) is 44.3 Å². The SMILES string of the molecule is CCc1ccc([C@H]2C[C@@H](C)CCN2C(=O)CNC(=O)OC)o1. The van der Waals surface area contributed by atoms with Gasteiger partial charge in [-0.05, 0) is 30.9 Å². The van der Waals surface area contributed by atoms with Crippen LogP contribution < -0.4 is 5.32 Å². The maximum atomic E-state index is 12.4. The van der Waals surface area contributed by atoms with E-state index in [9.17, 15) is 9.59 Å². The minimum atomic E-state index is -0.596. The Morgan fingerprint density at radius 1 is 1.45 bits per heavy atom. The van der Waals surface area contributed by atoms with E-state index >= 15 is 0 Å². The summed E-state index contributed by atoms with van der Waals surface area (Å²) in [4.78, 5) is 25.3. The Labute approximate surface area is 130 Å². The number of likely N-dealkylation sites (tertiary alicyclic amines) is 1. The van der Waals surface area contributed by atoms with E-state index in [1.165, 1.54) is 7.11 Å². The van der Waals surface area contributed by atoms with Crippen molar-refractivity contribution in [2.75, 3.05) is 20.2 Å². The molecule has 1 aromatic rings. The number of alkyl carbamates (subject to hydrolysis) is 1. The maximum absolute atomic E-state index is 12.4. The van der Waals surface area contributed by atoms with Crippen LogP contribution in [0.2, 0.25) is 0 Å². The van der Waals surface area contributed by atoms with Crippen molar-refractivity contribution in [1.29, 1.82) is 0 Å². The molecule has 0 aliphatic carbocycles. The minimum absolute atomic E-state index is 0.0566. The monoisotopic (exact) mass is 308 g/mol. The van der Waals surface area contributed by atoms with Gasteiger partial charge in [-0.3, -0.25) is 4.79 Å². The predicted octanol–water partition coefficient (Wildman–Crippen LogP) is 2.50. The van der Waals surface area contributed by atoms with E-state index in [0.29, 0.717) is 12.5 Å². The first-order chi connectivity index (χ1) is 10.5. The van der Waals surface area contributed by atoms with Gasteiger partial charge in [0.2, 0.25) is 5.91 Å². The van der Waals surface area contributed by atoms with Crippen molar-refractivity contribution in [1.82, 2.24) is 10.2 Å². The lowest BCUT2D eigenvalue weighted by atomic mass is 9.91. The fraction of sp³-hybridized carbons (Fsp3) is 0.625. The van der Waals surface area contributed by atoms with Gasteiger partial charge in [0.1, 0.15) is 18.1 Å². The van der Waals surface area contributed by atoms with Crippen molar-refractivity contribution in [2.45, 2.75) is 39.2 Å². The molecule has 1 N–H and O–H groups in total. The molecule has 0 radical (unpaired) electrons. The van der Waals surface area contributed by atoms with Gasteiger partial charge >= 0.3 is 6.09 Å². The van der Waals surface area contributed by atoms with Crippen molar-refractivity contribution in [3.63, 3.8) is 0 Å². The number of carbonyl (C=O) groups is 2.